The molecule has 1 amide bonds. The first kappa shape index (κ1) is 23.9. The maximum Gasteiger partial charge on any atom is 0.421 e. The smallest absolute Gasteiger partial charge is 0.421 e. The van der Waals surface area contributed by atoms with E-state index >= 15 is 0 Å². The number of aliphatic hydroxyl groups is 1. The monoisotopic (exact) mass is 495 g/mol. The van der Waals surface area contributed by atoms with E-state index < -0.39 is 29.1 Å². The number of aromatic nitrogens is 2. The summed E-state index contributed by atoms with van der Waals surface area (Å²) in [6.07, 6.45) is -0.344. The van der Waals surface area contributed by atoms with E-state index in [1.54, 1.807) is 15.8 Å². The minimum Gasteiger partial charge on any atom is -0.460 e. The number of alkyl halides is 3. The summed E-state index contributed by atoms with van der Waals surface area (Å²) in [5, 5.41) is 14.6. The third kappa shape index (κ3) is 4.23. The number of hydrogen-bond acceptors (Lipinski definition) is 6. The van der Waals surface area contributed by atoms with Gasteiger partial charge in [0.05, 0.1) is 17.9 Å². The van der Waals surface area contributed by atoms with Crippen molar-refractivity contribution in [3.8, 4) is 11.3 Å². The number of carbonyl (C=O) groups is 2. The molecule has 0 bridgehead atoms. The van der Waals surface area contributed by atoms with Gasteiger partial charge in [0.25, 0.3) is 5.91 Å². The maximum absolute atomic E-state index is 14.1. The van der Waals surface area contributed by atoms with Gasteiger partial charge in [-0.25, -0.2) is 4.79 Å². The highest BCUT2D eigenvalue weighted by atomic mass is 19.4. The molecule has 190 valence electrons. The highest BCUT2D eigenvalue weighted by Gasteiger charge is 2.50. The third-order valence-corrected chi connectivity index (χ3v) is 7.24. The highest BCUT2D eigenvalue weighted by molar-refractivity contribution is 5.92. The van der Waals surface area contributed by atoms with E-state index in [9.17, 15) is 27.9 Å². The summed E-state index contributed by atoms with van der Waals surface area (Å²) in [7, 11) is 0. The lowest BCUT2D eigenvalue weighted by molar-refractivity contribution is -0.144. The molecule has 11 heteroatoms. The van der Waals surface area contributed by atoms with Crippen molar-refractivity contribution in [3.63, 3.8) is 0 Å². The number of hydrogen-bond donors (Lipinski definition) is 1. The van der Waals surface area contributed by atoms with Crippen molar-refractivity contribution in [2.75, 3.05) is 19.7 Å². The number of halogens is 3. The SMILES string of the molecule is CCOC(=O)c1oc2c(c1C(F)(F)F)-c1nn(CC3CCN(C(=O)C4(O)CC4)CC3)cc1[C@H](C)C2. The van der Waals surface area contributed by atoms with Gasteiger partial charge in [-0.15, -0.1) is 0 Å². The van der Waals surface area contributed by atoms with Crippen LogP contribution in [0.25, 0.3) is 11.3 Å². The zero-order valence-corrected chi connectivity index (χ0v) is 19.7. The summed E-state index contributed by atoms with van der Waals surface area (Å²) in [4.78, 5) is 26.3. The highest BCUT2D eigenvalue weighted by Crippen LogP contribution is 2.49. The molecule has 2 aromatic heterocycles. The van der Waals surface area contributed by atoms with Crippen LogP contribution in [0.3, 0.4) is 0 Å². The Morgan fingerprint density at radius 3 is 2.57 bits per heavy atom. The molecule has 1 saturated carbocycles. The van der Waals surface area contributed by atoms with Gasteiger partial charge in [-0.3, -0.25) is 9.48 Å². The zero-order valence-electron chi connectivity index (χ0n) is 19.7. The largest absolute Gasteiger partial charge is 0.460 e. The standard InChI is InChI=1S/C24H28F3N3O5/c1-3-34-21(31)20-18(24(25,26)27)17-16(35-20)10-13(2)15-12-30(28-19(15)17)11-14-4-8-29(9-5-14)22(32)23(33)6-7-23/h12-14,33H,3-11H2,1-2H3/t13-/m1/s1. The van der Waals surface area contributed by atoms with Crippen molar-refractivity contribution in [3.05, 3.63) is 28.8 Å². The normalized spacial score (nSPS) is 21.4. The van der Waals surface area contributed by atoms with Gasteiger partial charge in [0.15, 0.2) is 0 Å². The minimum absolute atomic E-state index is 0.0680. The molecule has 3 aliphatic rings. The summed E-state index contributed by atoms with van der Waals surface area (Å²) in [6.45, 7) is 4.92. The van der Waals surface area contributed by atoms with Crippen LogP contribution in [0.15, 0.2) is 10.6 Å². The summed E-state index contributed by atoms with van der Waals surface area (Å²) in [5.41, 5.74) is -1.61. The molecular weight excluding hydrogens is 467 g/mol. The van der Waals surface area contributed by atoms with Crippen molar-refractivity contribution in [1.82, 2.24) is 14.7 Å². The number of amides is 1. The second kappa shape index (κ2) is 8.39. The number of rotatable bonds is 5. The van der Waals surface area contributed by atoms with Crippen LogP contribution in [0.5, 0.6) is 0 Å². The van der Waals surface area contributed by atoms with Crippen LogP contribution >= 0.6 is 0 Å². The molecule has 0 radical (unpaired) electrons. The lowest BCUT2D eigenvalue weighted by Crippen LogP contribution is -2.45. The van der Waals surface area contributed by atoms with Crippen molar-refractivity contribution in [2.24, 2.45) is 5.92 Å². The molecule has 1 atom stereocenters. The van der Waals surface area contributed by atoms with Crippen molar-refractivity contribution >= 4 is 11.9 Å². The third-order valence-electron chi connectivity index (χ3n) is 7.24. The number of piperidine rings is 1. The summed E-state index contributed by atoms with van der Waals surface area (Å²) < 4.78 is 54.1. The number of carbonyl (C=O) groups excluding carboxylic acids is 2. The number of esters is 1. The number of likely N-dealkylation sites (tertiary alicyclic amines) is 1. The Bertz CT molecular complexity index is 1160. The molecule has 35 heavy (non-hydrogen) atoms. The molecule has 2 aromatic rings. The zero-order chi connectivity index (χ0) is 25.1. The average molecular weight is 495 g/mol. The second-order valence-electron chi connectivity index (χ2n) is 9.85. The molecule has 2 aliphatic carbocycles. The predicted molar refractivity (Wildman–Crippen MR) is 116 cm³/mol. The van der Waals surface area contributed by atoms with E-state index in [4.69, 9.17) is 9.15 Å². The second-order valence-corrected chi connectivity index (χ2v) is 9.85. The molecular formula is C24H28F3N3O5. The van der Waals surface area contributed by atoms with Crippen LogP contribution in [0, 0.1) is 5.92 Å². The van der Waals surface area contributed by atoms with Crippen molar-refractivity contribution < 1.29 is 37.0 Å². The molecule has 0 aromatic carbocycles. The molecule has 3 heterocycles. The molecule has 1 N–H and O–H groups in total. The molecule has 2 fully saturated rings. The van der Waals surface area contributed by atoms with Gasteiger partial charge in [0.1, 0.15) is 16.9 Å². The molecule has 5 rings (SSSR count). The Labute approximate surface area is 200 Å². The fourth-order valence-corrected chi connectivity index (χ4v) is 5.17. The Morgan fingerprint density at radius 2 is 1.97 bits per heavy atom. The van der Waals surface area contributed by atoms with Gasteiger partial charge in [-0.2, -0.15) is 18.3 Å². The van der Waals surface area contributed by atoms with Gasteiger partial charge < -0.3 is 19.2 Å². The molecule has 8 nitrogen and oxygen atoms in total. The number of nitrogens with zero attached hydrogens (tertiary/aromatic N) is 3. The average Bonchev–Trinajstić information content (AvgIpc) is 3.23. The van der Waals surface area contributed by atoms with E-state index in [1.165, 1.54) is 6.92 Å². The fourth-order valence-electron chi connectivity index (χ4n) is 5.17. The van der Waals surface area contributed by atoms with Crippen LogP contribution < -0.4 is 0 Å². The lowest BCUT2D eigenvalue weighted by atomic mass is 9.86. The van der Waals surface area contributed by atoms with Crippen LogP contribution in [0.4, 0.5) is 13.2 Å². The number of ether oxygens (including phenoxy) is 1. The Kier molecular flexibility index (Phi) is 5.73. The van der Waals surface area contributed by atoms with Gasteiger partial charge in [-0.1, -0.05) is 6.92 Å². The quantitative estimate of drug-likeness (QED) is 0.635. The molecule has 1 aliphatic heterocycles. The minimum atomic E-state index is -4.81. The van der Waals surface area contributed by atoms with E-state index in [1.807, 2.05) is 6.92 Å². The van der Waals surface area contributed by atoms with E-state index in [-0.39, 0.29) is 47.8 Å². The fraction of sp³-hybridized carbons (Fsp3) is 0.625. The first-order valence-corrected chi connectivity index (χ1v) is 12.0. The van der Waals surface area contributed by atoms with Crippen LogP contribution in [-0.4, -0.2) is 57.0 Å². The molecule has 1 saturated heterocycles. The summed E-state index contributed by atoms with van der Waals surface area (Å²) >= 11 is 0. The predicted octanol–water partition coefficient (Wildman–Crippen LogP) is 3.76. The molecule has 0 spiro atoms. The first-order chi connectivity index (χ1) is 16.5. The van der Waals surface area contributed by atoms with Crippen LogP contribution in [-0.2, 0) is 28.7 Å². The van der Waals surface area contributed by atoms with Gasteiger partial charge >= 0.3 is 12.1 Å². The Morgan fingerprint density at radius 1 is 1.29 bits per heavy atom. The summed E-state index contributed by atoms with van der Waals surface area (Å²) in [6, 6.07) is 0. The van der Waals surface area contributed by atoms with E-state index in [0.717, 1.165) is 12.8 Å². The lowest BCUT2D eigenvalue weighted by Gasteiger charge is -2.33. The van der Waals surface area contributed by atoms with Gasteiger partial charge in [0.2, 0.25) is 5.76 Å². The van der Waals surface area contributed by atoms with Crippen LogP contribution in [0.2, 0.25) is 0 Å². The molecule has 0 unspecified atom stereocenters. The van der Waals surface area contributed by atoms with Crippen molar-refractivity contribution in [2.45, 2.75) is 70.2 Å². The summed E-state index contributed by atoms with van der Waals surface area (Å²) in [5.74, 6) is -2.01. The number of furan rings is 1. The maximum atomic E-state index is 14.1. The Hall–Kier alpha value is -2.82. The number of fused-ring (bicyclic) bond motifs is 3. The van der Waals surface area contributed by atoms with E-state index in [2.05, 4.69) is 5.10 Å². The van der Waals surface area contributed by atoms with Gasteiger partial charge in [-0.05, 0) is 44.4 Å². The van der Waals surface area contributed by atoms with Crippen molar-refractivity contribution in [1.29, 1.82) is 0 Å². The van der Waals surface area contributed by atoms with Gasteiger partial charge in [0, 0.05) is 37.8 Å². The topological polar surface area (TPSA) is 97.8 Å². The van der Waals surface area contributed by atoms with E-state index in [0.29, 0.717) is 38.0 Å². The first-order valence-electron chi connectivity index (χ1n) is 12.0. The van der Waals surface area contributed by atoms with Crippen LogP contribution in [0.1, 0.15) is 72.9 Å². The Balaban J connectivity index is 1.39.